The third-order valence-corrected chi connectivity index (χ3v) is 4.20. The van der Waals surface area contributed by atoms with Crippen molar-refractivity contribution in [1.82, 2.24) is 14.7 Å². The van der Waals surface area contributed by atoms with E-state index in [4.69, 9.17) is 4.74 Å². The molecule has 0 spiro atoms. The zero-order chi connectivity index (χ0) is 14.5. The molecular formula is C13H21BrN4O2. The normalized spacial score (nSPS) is 14.8. The molecule has 1 aliphatic rings. The second kappa shape index (κ2) is 7.19. The number of nitrogens with one attached hydrogen (secondary N) is 1. The Hall–Kier alpha value is -0.920. The van der Waals surface area contributed by atoms with Gasteiger partial charge in [0.1, 0.15) is 4.47 Å². The predicted molar refractivity (Wildman–Crippen MR) is 82.1 cm³/mol. The van der Waals surface area contributed by atoms with Crippen LogP contribution in [0.2, 0.25) is 0 Å². The minimum atomic E-state index is -0.131. The highest BCUT2D eigenvalue weighted by Crippen LogP contribution is 2.26. The summed E-state index contributed by atoms with van der Waals surface area (Å²) in [6.45, 7) is 3.44. The summed E-state index contributed by atoms with van der Waals surface area (Å²) in [6, 6.07) is 0.706. The van der Waals surface area contributed by atoms with Crippen molar-refractivity contribution >= 4 is 21.6 Å². The van der Waals surface area contributed by atoms with Crippen molar-refractivity contribution in [2.75, 3.05) is 38.7 Å². The fraction of sp³-hybridized carbons (Fsp3) is 0.692. The van der Waals surface area contributed by atoms with Crippen LogP contribution in [0.25, 0.3) is 0 Å². The van der Waals surface area contributed by atoms with Gasteiger partial charge in [-0.2, -0.15) is 5.10 Å². The van der Waals surface area contributed by atoms with Crippen LogP contribution in [0.3, 0.4) is 0 Å². The second-order valence-corrected chi connectivity index (χ2v) is 5.78. The fourth-order valence-electron chi connectivity index (χ4n) is 2.09. The number of rotatable bonds is 8. The highest BCUT2D eigenvalue weighted by molar-refractivity contribution is 9.10. The Bertz CT molecular complexity index is 502. The Labute approximate surface area is 127 Å². The number of anilines is 1. The van der Waals surface area contributed by atoms with E-state index < -0.39 is 0 Å². The maximum Gasteiger partial charge on any atom is 0.282 e. The van der Waals surface area contributed by atoms with E-state index in [2.05, 4.69) is 31.2 Å². The number of hydrogen-bond donors (Lipinski definition) is 1. The summed E-state index contributed by atoms with van der Waals surface area (Å²) in [5, 5.41) is 7.28. The van der Waals surface area contributed by atoms with Crippen LogP contribution in [0.5, 0.6) is 0 Å². The molecule has 0 unspecified atom stereocenters. The number of halogens is 1. The van der Waals surface area contributed by atoms with Crippen LogP contribution in [0.1, 0.15) is 12.8 Å². The van der Waals surface area contributed by atoms with Crippen molar-refractivity contribution in [1.29, 1.82) is 0 Å². The molecule has 0 aliphatic heterocycles. The molecule has 1 aromatic heterocycles. The van der Waals surface area contributed by atoms with Gasteiger partial charge in [0, 0.05) is 39.8 Å². The smallest absolute Gasteiger partial charge is 0.282 e. The molecule has 0 aromatic carbocycles. The van der Waals surface area contributed by atoms with Gasteiger partial charge in [-0.3, -0.25) is 9.69 Å². The average molecular weight is 345 g/mol. The summed E-state index contributed by atoms with van der Waals surface area (Å²) in [6.07, 6.45) is 4.23. The summed E-state index contributed by atoms with van der Waals surface area (Å²) in [7, 11) is 3.36. The molecule has 20 heavy (non-hydrogen) atoms. The van der Waals surface area contributed by atoms with E-state index >= 15 is 0 Å². The van der Waals surface area contributed by atoms with E-state index in [0.717, 1.165) is 31.9 Å². The molecule has 0 bridgehead atoms. The van der Waals surface area contributed by atoms with E-state index in [-0.39, 0.29) is 5.56 Å². The van der Waals surface area contributed by atoms with Crippen molar-refractivity contribution in [3.63, 3.8) is 0 Å². The molecule has 2 rings (SSSR count). The quantitative estimate of drug-likeness (QED) is 0.764. The van der Waals surface area contributed by atoms with E-state index in [9.17, 15) is 4.79 Å². The third kappa shape index (κ3) is 4.04. The van der Waals surface area contributed by atoms with Gasteiger partial charge < -0.3 is 10.1 Å². The number of ether oxygens (including phenoxy) is 1. The Morgan fingerprint density at radius 1 is 1.55 bits per heavy atom. The first-order valence-corrected chi connectivity index (χ1v) is 7.61. The van der Waals surface area contributed by atoms with Gasteiger partial charge in [-0.25, -0.2) is 4.68 Å². The molecule has 1 aliphatic carbocycles. The summed E-state index contributed by atoms with van der Waals surface area (Å²) >= 11 is 3.31. The highest BCUT2D eigenvalue weighted by Gasteiger charge is 2.28. The Morgan fingerprint density at radius 3 is 2.95 bits per heavy atom. The summed E-state index contributed by atoms with van der Waals surface area (Å²) in [5.41, 5.74) is 0.615. The lowest BCUT2D eigenvalue weighted by Gasteiger charge is -2.22. The molecule has 1 heterocycles. The molecule has 112 valence electrons. The first-order valence-electron chi connectivity index (χ1n) is 6.82. The lowest BCUT2D eigenvalue weighted by molar-refractivity contribution is 0.146. The number of hydrogen-bond acceptors (Lipinski definition) is 5. The first kappa shape index (κ1) is 15.5. The molecule has 1 fully saturated rings. The van der Waals surface area contributed by atoms with Gasteiger partial charge in [-0.1, -0.05) is 0 Å². The topological polar surface area (TPSA) is 59.4 Å². The maximum absolute atomic E-state index is 11.7. The van der Waals surface area contributed by atoms with Gasteiger partial charge >= 0.3 is 0 Å². The first-order chi connectivity index (χ1) is 9.63. The van der Waals surface area contributed by atoms with E-state index in [1.165, 1.54) is 17.5 Å². The highest BCUT2D eigenvalue weighted by atomic mass is 79.9. The van der Waals surface area contributed by atoms with Crippen LogP contribution in [-0.2, 0) is 11.8 Å². The van der Waals surface area contributed by atoms with Crippen LogP contribution in [-0.4, -0.2) is 54.1 Å². The van der Waals surface area contributed by atoms with Gasteiger partial charge in [0.05, 0.1) is 18.5 Å². The zero-order valence-electron chi connectivity index (χ0n) is 11.9. The Balaban J connectivity index is 1.85. The second-order valence-electron chi connectivity index (χ2n) is 4.99. The average Bonchev–Trinajstić information content (AvgIpc) is 3.27. The van der Waals surface area contributed by atoms with Gasteiger partial charge in [0.25, 0.3) is 5.56 Å². The van der Waals surface area contributed by atoms with Crippen molar-refractivity contribution in [3.05, 3.63) is 21.0 Å². The molecule has 1 saturated carbocycles. The summed E-state index contributed by atoms with van der Waals surface area (Å²) < 4.78 is 6.98. The van der Waals surface area contributed by atoms with Crippen molar-refractivity contribution in [3.8, 4) is 0 Å². The number of aromatic nitrogens is 2. The van der Waals surface area contributed by atoms with Crippen molar-refractivity contribution in [2.45, 2.75) is 18.9 Å². The van der Waals surface area contributed by atoms with Crippen LogP contribution < -0.4 is 10.9 Å². The van der Waals surface area contributed by atoms with E-state index in [0.29, 0.717) is 10.5 Å². The molecule has 0 radical (unpaired) electrons. The molecule has 0 atom stereocenters. The predicted octanol–water partition coefficient (Wildman–Crippen LogP) is 1.07. The van der Waals surface area contributed by atoms with Crippen LogP contribution in [0.4, 0.5) is 5.69 Å². The van der Waals surface area contributed by atoms with Crippen LogP contribution >= 0.6 is 15.9 Å². The van der Waals surface area contributed by atoms with Crippen molar-refractivity contribution in [2.24, 2.45) is 7.05 Å². The van der Waals surface area contributed by atoms with Crippen LogP contribution in [0, 0.1) is 0 Å². The minimum absolute atomic E-state index is 0.131. The SMILES string of the molecule is COCCN(CCNc1cnn(C)c(=O)c1Br)C1CC1. The lowest BCUT2D eigenvalue weighted by Crippen LogP contribution is -2.34. The number of methoxy groups -OCH3 is 1. The molecule has 7 heteroatoms. The maximum atomic E-state index is 11.7. The van der Waals surface area contributed by atoms with E-state index in [1.807, 2.05) is 0 Å². The van der Waals surface area contributed by atoms with Crippen molar-refractivity contribution < 1.29 is 4.74 Å². The van der Waals surface area contributed by atoms with Gasteiger partial charge in [-0.15, -0.1) is 0 Å². The number of aryl methyl sites for hydroxylation is 1. The molecular weight excluding hydrogens is 324 g/mol. The third-order valence-electron chi connectivity index (χ3n) is 3.44. The van der Waals surface area contributed by atoms with E-state index in [1.54, 1.807) is 20.4 Å². The Morgan fingerprint density at radius 2 is 2.30 bits per heavy atom. The summed E-state index contributed by atoms with van der Waals surface area (Å²) in [5.74, 6) is 0. The minimum Gasteiger partial charge on any atom is -0.383 e. The van der Waals surface area contributed by atoms with Crippen LogP contribution in [0.15, 0.2) is 15.5 Å². The number of nitrogens with zero attached hydrogens (tertiary/aromatic N) is 3. The molecule has 0 saturated heterocycles. The van der Waals surface area contributed by atoms with Gasteiger partial charge in [0.2, 0.25) is 0 Å². The summed E-state index contributed by atoms with van der Waals surface area (Å²) in [4.78, 5) is 14.2. The monoisotopic (exact) mass is 344 g/mol. The fourth-order valence-corrected chi connectivity index (χ4v) is 2.59. The lowest BCUT2D eigenvalue weighted by atomic mass is 10.4. The van der Waals surface area contributed by atoms with Gasteiger partial charge in [-0.05, 0) is 28.8 Å². The largest absolute Gasteiger partial charge is 0.383 e. The Kier molecular flexibility index (Phi) is 5.56. The zero-order valence-corrected chi connectivity index (χ0v) is 13.5. The molecule has 1 N–H and O–H groups in total. The molecule has 6 nitrogen and oxygen atoms in total. The molecule has 1 aromatic rings. The standard InChI is InChI=1S/C13H21BrN4O2/c1-17-13(19)12(14)11(9-16-17)15-5-6-18(7-8-20-2)10-3-4-10/h9-10,15H,3-8H2,1-2H3. The van der Waals surface area contributed by atoms with Gasteiger partial charge in [0.15, 0.2) is 0 Å². The molecule has 0 amide bonds.